The summed E-state index contributed by atoms with van der Waals surface area (Å²) in [5.74, 6) is 0. The fourth-order valence-electron chi connectivity index (χ4n) is 2.30. The molecule has 0 aliphatic carbocycles. The zero-order valence-electron chi connectivity index (χ0n) is 12.9. The maximum absolute atomic E-state index is 11.8. The monoisotopic (exact) mass is 297 g/mol. The molecule has 4 N–H and O–H groups in total. The molecule has 0 fully saturated rings. The van der Waals surface area contributed by atoms with Crippen molar-refractivity contribution in [2.24, 2.45) is 5.73 Å². The summed E-state index contributed by atoms with van der Waals surface area (Å²) in [5.41, 5.74) is 10.2. The lowest BCUT2D eigenvalue weighted by Crippen LogP contribution is -2.36. The largest absolute Gasteiger partial charge is 0.338 e. The predicted octanol–water partition coefficient (Wildman–Crippen LogP) is 2.50. The van der Waals surface area contributed by atoms with E-state index in [-0.39, 0.29) is 6.03 Å². The lowest BCUT2D eigenvalue weighted by Gasteiger charge is -2.09. The smallest absolute Gasteiger partial charge is 0.315 e. The summed E-state index contributed by atoms with van der Waals surface area (Å²) in [4.78, 5) is 11.8. The molecule has 0 heterocycles. The van der Waals surface area contributed by atoms with Crippen LogP contribution in [0.3, 0.4) is 0 Å². The van der Waals surface area contributed by atoms with Crippen LogP contribution in [0, 0.1) is 6.92 Å². The standard InChI is InChI=1S/C18H23N3O/c1-14-4-2-5-15(10-14)8-9-20-18(22)21-13-17-7-3-6-16(11-17)12-19/h2-7,10-11H,8-9,12-13,19H2,1H3,(H2,20,21,22). The average Bonchev–Trinajstić information content (AvgIpc) is 2.53. The molecule has 0 spiro atoms. The summed E-state index contributed by atoms with van der Waals surface area (Å²) >= 11 is 0. The Morgan fingerprint density at radius 2 is 1.73 bits per heavy atom. The van der Waals surface area contributed by atoms with Crippen LogP contribution >= 0.6 is 0 Å². The van der Waals surface area contributed by atoms with E-state index in [4.69, 9.17) is 5.73 Å². The molecule has 2 aromatic rings. The number of benzene rings is 2. The number of urea groups is 1. The minimum atomic E-state index is -0.147. The molecule has 2 amide bonds. The van der Waals surface area contributed by atoms with Gasteiger partial charge in [0.1, 0.15) is 0 Å². The number of hydrogen-bond donors (Lipinski definition) is 3. The topological polar surface area (TPSA) is 67.2 Å². The average molecular weight is 297 g/mol. The Labute approximate surface area is 131 Å². The Morgan fingerprint density at radius 1 is 1.00 bits per heavy atom. The van der Waals surface area contributed by atoms with Crippen LogP contribution in [0.2, 0.25) is 0 Å². The summed E-state index contributed by atoms with van der Waals surface area (Å²) in [6, 6.07) is 16.1. The number of amides is 2. The maximum Gasteiger partial charge on any atom is 0.315 e. The second-order valence-electron chi connectivity index (χ2n) is 5.37. The van der Waals surface area contributed by atoms with Crippen molar-refractivity contribution in [3.05, 3.63) is 70.8 Å². The van der Waals surface area contributed by atoms with Gasteiger partial charge in [0.05, 0.1) is 0 Å². The van der Waals surface area contributed by atoms with Crippen molar-refractivity contribution in [3.8, 4) is 0 Å². The second-order valence-corrected chi connectivity index (χ2v) is 5.37. The van der Waals surface area contributed by atoms with Crippen LogP contribution in [0.5, 0.6) is 0 Å². The van der Waals surface area contributed by atoms with Crippen LogP contribution in [0.25, 0.3) is 0 Å². The van der Waals surface area contributed by atoms with E-state index in [0.29, 0.717) is 19.6 Å². The normalized spacial score (nSPS) is 10.3. The molecule has 0 unspecified atom stereocenters. The number of nitrogens with one attached hydrogen (secondary N) is 2. The number of carbonyl (C=O) groups is 1. The van der Waals surface area contributed by atoms with Crippen molar-refractivity contribution in [1.82, 2.24) is 10.6 Å². The Bertz CT molecular complexity index is 625. The number of hydrogen-bond acceptors (Lipinski definition) is 2. The van der Waals surface area contributed by atoms with Crippen molar-refractivity contribution < 1.29 is 4.79 Å². The van der Waals surface area contributed by atoms with Gasteiger partial charge in [-0.25, -0.2) is 4.79 Å². The molecule has 2 rings (SSSR count). The van der Waals surface area contributed by atoms with Gasteiger partial charge in [0.25, 0.3) is 0 Å². The number of rotatable bonds is 6. The molecule has 2 aromatic carbocycles. The lowest BCUT2D eigenvalue weighted by atomic mass is 10.1. The highest BCUT2D eigenvalue weighted by Crippen LogP contribution is 2.05. The molecule has 0 aliphatic rings. The van der Waals surface area contributed by atoms with Crippen LogP contribution in [0.15, 0.2) is 48.5 Å². The first-order valence-electron chi connectivity index (χ1n) is 7.52. The second kappa shape index (κ2) is 8.20. The molecular formula is C18H23N3O. The molecule has 0 saturated carbocycles. The van der Waals surface area contributed by atoms with E-state index in [2.05, 4.69) is 35.8 Å². The van der Waals surface area contributed by atoms with Gasteiger partial charge < -0.3 is 16.4 Å². The highest BCUT2D eigenvalue weighted by molar-refractivity contribution is 5.73. The van der Waals surface area contributed by atoms with Crippen LogP contribution < -0.4 is 16.4 Å². The van der Waals surface area contributed by atoms with Crippen LogP contribution in [0.4, 0.5) is 4.79 Å². The molecule has 22 heavy (non-hydrogen) atoms. The van der Waals surface area contributed by atoms with Crippen molar-refractivity contribution in [2.75, 3.05) is 6.54 Å². The third kappa shape index (κ3) is 5.22. The van der Waals surface area contributed by atoms with Gasteiger partial charge >= 0.3 is 6.03 Å². The summed E-state index contributed by atoms with van der Waals surface area (Å²) in [5, 5.41) is 5.73. The minimum absolute atomic E-state index is 0.147. The predicted molar refractivity (Wildman–Crippen MR) is 89.5 cm³/mol. The molecule has 4 nitrogen and oxygen atoms in total. The van der Waals surface area contributed by atoms with E-state index in [1.807, 2.05) is 30.3 Å². The van der Waals surface area contributed by atoms with Crippen molar-refractivity contribution >= 4 is 6.03 Å². The summed E-state index contributed by atoms with van der Waals surface area (Å²) in [6.45, 7) is 3.71. The molecule has 0 saturated heterocycles. The first-order valence-corrected chi connectivity index (χ1v) is 7.52. The zero-order valence-corrected chi connectivity index (χ0v) is 12.9. The lowest BCUT2D eigenvalue weighted by molar-refractivity contribution is 0.240. The van der Waals surface area contributed by atoms with Crippen molar-refractivity contribution in [3.63, 3.8) is 0 Å². The van der Waals surface area contributed by atoms with Gasteiger partial charge in [-0.3, -0.25) is 0 Å². The first kappa shape index (κ1) is 16.0. The van der Waals surface area contributed by atoms with Gasteiger partial charge in [-0.1, -0.05) is 54.1 Å². The van der Waals surface area contributed by atoms with Gasteiger partial charge in [-0.05, 0) is 30.0 Å². The van der Waals surface area contributed by atoms with Crippen LogP contribution in [-0.2, 0) is 19.5 Å². The fraction of sp³-hybridized carbons (Fsp3) is 0.278. The van der Waals surface area contributed by atoms with E-state index in [1.54, 1.807) is 0 Å². The third-order valence-electron chi connectivity index (χ3n) is 3.46. The Morgan fingerprint density at radius 3 is 2.50 bits per heavy atom. The first-order chi connectivity index (χ1) is 10.7. The SMILES string of the molecule is Cc1cccc(CCNC(=O)NCc2cccc(CN)c2)c1. The van der Waals surface area contributed by atoms with E-state index in [0.717, 1.165) is 17.5 Å². The molecule has 0 aromatic heterocycles. The van der Waals surface area contributed by atoms with Crippen LogP contribution in [0.1, 0.15) is 22.3 Å². The number of aryl methyl sites for hydroxylation is 1. The Kier molecular flexibility index (Phi) is 5.98. The van der Waals surface area contributed by atoms with E-state index in [1.165, 1.54) is 11.1 Å². The van der Waals surface area contributed by atoms with Gasteiger partial charge in [-0.2, -0.15) is 0 Å². The van der Waals surface area contributed by atoms with Crippen LogP contribution in [-0.4, -0.2) is 12.6 Å². The maximum atomic E-state index is 11.8. The van der Waals surface area contributed by atoms with E-state index in [9.17, 15) is 4.79 Å². The third-order valence-corrected chi connectivity index (χ3v) is 3.46. The van der Waals surface area contributed by atoms with Crippen molar-refractivity contribution in [2.45, 2.75) is 26.4 Å². The highest BCUT2D eigenvalue weighted by Gasteiger charge is 2.01. The summed E-state index contributed by atoms with van der Waals surface area (Å²) in [6.07, 6.45) is 0.831. The number of nitrogens with two attached hydrogens (primary N) is 1. The van der Waals surface area contributed by atoms with Crippen molar-refractivity contribution in [1.29, 1.82) is 0 Å². The summed E-state index contributed by atoms with van der Waals surface area (Å²) < 4.78 is 0. The highest BCUT2D eigenvalue weighted by atomic mass is 16.2. The van der Waals surface area contributed by atoms with E-state index < -0.39 is 0 Å². The molecule has 116 valence electrons. The molecule has 0 bridgehead atoms. The quantitative estimate of drug-likeness (QED) is 0.767. The zero-order chi connectivity index (χ0) is 15.8. The van der Waals surface area contributed by atoms with Gasteiger partial charge in [0.2, 0.25) is 0 Å². The van der Waals surface area contributed by atoms with Gasteiger partial charge in [0.15, 0.2) is 0 Å². The minimum Gasteiger partial charge on any atom is -0.338 e. The molecule has 0 radical (unpaired) electrons. The fourth-order valence-corrected chi connectivity index (χ4v) is 2.30. The summed E-state index contributed by atoms with van der Waals surface area (Å²) in [7, 11) is 0. The molecular weight excluding hydrogens is 274 g/mol. The molecule has 0 atom stereocenters. The number of carbonyl (C=O) groups excluding carboxylic acids is 1. The van der Waals surface area contributed by atoms with E-state index >= 15 is 0 Å². The Hall–Kier alpha value is -2.33. The molecule has 0 aliphatic heterocycles. The van der Waals surface area contributed by atoms with Gasteiger partial charge in [-0.15, -0.1) is 0 Å². The molecule has 4 heteroatoms. The Balaban J connectivity index is 1.71. The van der Waals surface area contributed by atoms with Gasteiger partial charge in [0, 0.05) is 19.6 Å².